The number of aromatic nitrogens is 3. The van der Waals surface area contributed by atoms with Crippen LogP contribution in [0, 0.1) is 0 Å². The number of benzene rings is 2. The minimum atomic E-state index is -0.247. The van der Waals surface area contributed by atoms with Crippen LogP contribution in [0.15, 0.2) is 78.0 Å². The van der Waals surface area contributed by atoms with Crippen LogP contribution < -0.4 is 10.6 Å². The summed E-state index contributed by atoms with van der Waals surface area (Å²) >= 11 is 1.45. The number of carbonyl (C=O) groups excluding carboxylic acids is 2. The van der Waals surface area contributed by atoms with Crippen molar-refractivity contribution in [2.75, 3.05) is 5.32 Å². The van der Waals surface area contributed by atoms with Gasteiger partial charge in [0.1, 0.15) is 12.7 Å². The molecule has 4 rings (SSSR count). The summed E-state index contributed by atoms with van der Waals surface area (Å²) in [6.45, 7) is 1.03. The highest BCUT2D eigenvalue weighted by molar-refractivity contribution is 7.08. The summed E-state index contributed by atoms with van der Waals surface area (Å²) in [4.78, 5) is 29.0. The molecule has 0 unspecified atom stereocenters. The molecule has 0 radical (unpaired) electrons. The summed E-state index contributed by atoms with van der Waals surface area (Å²) in [5, 5.41) is 13.4. The molecule has 4 aromatic rings. The summed E-state index contributed by atoms with van der Waals surface area (Å²) in [6, 6.07) is 16.7. The quantitative estimate of drug-likeness (QED) is 0.481. The van der Waals surface area contributed by atoms with E-state index in [2.05, 4.69) is 20.7 Å². The lowest BCUT2D eigenvalue weighted by Gasteiger charge is -2.11. The number of hydrogen-bond acceptors (Lipinski definition) is 5. The Hall–Kier alpha value is -3.78. The van der Waals surface area contributed by atoms with Gasteiger partial charge in [0, 0.05) is 11.9 Å². The number of anilines is 1. The van der Waals surface area contributed by atoms with Crippen molar-refractivity contribution in [3.05, 3.63) is 100 Å². The van der Waals surface area contributed by atoms with Crippen molar-refractivity contribution in [3.63, 3.8) is 0 Å². The van der Waals surface area contributed by atoms with Gasteiger partial charge < -0.3 is 10.6 Å². The van der Waals surface area contributed by atoms with Gasteiger partial charge in [0.05, 0.1) is 23.4 Å². The average Bonchev–Trinajstić information content (AvgIpc) is 3.48. The molecule has 30 heavy (non-hydrogen) atoms. The lowest BCUT2D eigenvalue weighted by molar-refractivity contribution is 0.0952. The van der Waals surface area contributed by atoms with E-state index in [-0.39, 0.29) is 11.8 Å². The fourth-order valence-electron chi connectivity index (χ4n) is 2.92. The highest BCUT2D eigenvalue weighted by Gasteiger charge is 2.14. The number of carbonyl (C=O) groups is 2. The van der Waals surface area contributed by atoms with E-state index >= 15 is 0 Å². The standard InChI is InChI=1S/C22H19N5O2S/c28-21(18-9-10-30-13-18)26-20-4-2-1-3-19(20)22(29)24-11-16-5-7-17(8-6-16)12-27-15-23-14-25-27/h1-10,13-15H,11-12H2,(H,24,29)(H,26,28). The Morgan fingerprint density at radius 2 is 1.77 bits per heavy atom. The third-order valence-electron chi connectivity index (χ3n) is 4.49. The molecular weight excluding hydrogens is 398 g/mol. The molecule has 2 aromatic carbocycles. The van der Waals surface area contributed by atoms with Crippen molar-refractivity contribution in [1.29, 1.82) is 0 Å². The lowest BCUT2D eigenvalue weighted by Crippen LogP contribution is -2.24. The van der Waals surface area contributed by atoms with Crippen molar-refractivity contribution in [1.82, 2.24) is 20.1 Å². The molecule has 7 nitrogen and oxygen atoms in total. The third kappa shape index (κ3) is 4.79. The zero-order chi connectivity index (χ0) is 20.8. The Labute approximate surface area is 177 Å². The van der Waals surface area contributed by atoms with Crippen LogP contribution in [0.3, 0.4) is 0 Å². The maximum atomic E-state index is 12.7. The van der Waals surface area contributed by atoms with Crippen molar-refractivity contribution in [3.8, 4) is 0 Å². The van der Waals surface area contributed by atoms with E-state index in [1.165, 1.54) is 17.7 Å². The second-order valence-electron chi connectivity index (χ2n) is 6.60. The number of amides is 2. The van der Waals surface area contributed by atoms with Gasteiger partial charge in [-0.25, -0.2) is 9.67 Å². The largest absolute Gasteiger partial charge is 0.348 e. The fourth-order valence-corrected chi connectivity index (χ4v) is 3.56. The van der Waals surface area contributed by atoms with Gasteiger partial charge in [-0.2, -0.15) is 16.4 Å². The highest BCUT2D eigenvalue weighted by Crippen LogP contribution is 2.17. The Morgan fingerprint density at radius 3 is 2.50 bits per heavy atom. The van der Waals surface area contributed by atoms with E-state index in [1.54, 1.807) is 46.7 Å². The highest BCUT2D eigenvalue weighted by atomic mass is 32.1. The van der Waals surface area contributed by atoms with Gasteiger partial charge in [0.15, 0.2) is 0 Å². The van der Waals surface area contributed by atoms with Gasteiger partial charge in [0.2, 0.25) is 0 Å². The molecule has 8 heteroatoms. The number of thiophene rings is 1. The van der Waals surface area contributed by atoms with Crippen LogP contribution >= 0.6 is 11.3 Å². The number of nitrogens with zero attached hydrogens (tertiary/aromatic N) is 3. The Balaban J connectivity index is 1.38. The van der Waals surface area contributed by atoms with Gasteiger partial charge in [-0.3, -0.25) is 9.59 Å². The molecule has 0 fully saturated rings. The first kappa shape index (κ1) is 19.5. The van der Waals surface area contributed by atoms with E-state index in [0.717, 1.165) is 11.1 Å². The molecule has 0 atom stereocenters. The van der Waals surface area contributed by atoms with Gasteiger partial charge in [0.25, 0.3) is 11.8 Å². The minimum Gasteiger partial charge on any atom is -0.348 e. The molecule has 2 N–H and O–H groups in total. The second-order valence-corrected chi connectivity index (χ2v) is 7.38. The number of hydrogen-bond donors (Lipinski definition) is 2. The fraction of sp³-hybridized carbons (Fsp3) is 0.0909. The molecule has 0 spiro atoms. The van der Waals surface area contributed by atoms with E-state index in [4.69, 9.17) is 0 Å². The zero-order valence-corrected chi connectivity index (χ0v) is 16.8. The van der Waals surface area contributed by atoms with E-state index in [9.17, 15) is 9.59 Å². The first-order valence-electron chi connectivity index (χ1n) is 9.30. The van der Waals surface area contributed by atoms with E-state index < -0.39 is 0 Å². The summed E-state index contributed by atoms with van der Waals surface area (Å²) in [6.07, 6.45) is 3.17. The molecule has 2 amide bonds. The molecule has 2 heterocycles. The second kappa shape index (κ2) is 9.15. The zero-order valence-electron chi connectivity index (χ0n) is 16.0. The predicted octanol–water partition coefficient (Wildman–Crippen LogP) is 3.57. The van der Waals surface area contributed by atoms with Crippen LogP contribution in [-0.2, 0) is 13.1 Å². The van der Waals surface area contributed by atoms with E-state index in [1.807, 2.05) is 29.6 Å². The number of rotatable bonds is 7. The predicted molar refractivity (Wildman–Crippen MR) is 115 cm³/mol. The lowest BCUT2D eigenvalue weighted by atomic mass is 10.1. The van der Waals surface area contributed by atoms with Crippen LogP contribution in [0.1, 0.15) is 31.8 Å². The van der Waals surface area contributed by atoms with E-state index in [0.29, 0.717) is 29.9 Å². The van der Waals surface area contributed by atoms with Crippen LogP contribution in [0.5, 0.6) is 0 Å². The number of para-hydroxylation sites is 1. The van der Waals surface area contributed by atoms with Crippen LogP contribution in [0.4, 0.5) is 5.69 Å². The molecule has 0 bridgehead atoms. The first-order valence-corrected chi connectivity index (χ1v) is 10.2. The normalized spacial score (nSPS) is 10.5. The summed E-state index contributed by atoms with van der Waals surface area (Å²) in [7, 11) is 0. The molecular formula is C22H19N5O2S. The van der Waals surface area contributed by atoms with Crippen molar-refractivity contribution in [2.24, 2.45) is 0 Å². The average molecular weight is 417 g/mol. The Kier molecular flexibility index (Phi) is 5.95. The summed E-state index contributed by atoms with van der Waals surface area (Å²) in [5.74, 6) is -0.484. The Morgan fingerprint density at radius 1 is 0.967 bits per heavy atom. The molecule has 150 valence electrons. The maximum absolute atomic E-state index is 12.7. The molecule has 0 aliphatic heterocycles. The van der Waals surface area contributed by atoms with Crippen LogP contribution in [0.2, 0.25) is 0 Å². The van der Waals surface area contributed by atoms with Gasteiger partial charge in [-0.1, -0.05) is 36.4 Å². The van der Waals surface area contributed by atoms with Gasteiger partial charge >= 0.3 is 0 Å². The molecule has 0 aliphatic rings. The van der Waals surface area contributed by atoms with Crippen LogP contribution in [-0.4, -0.2) is 26.6 Å². The third-order valence-corrected chi connectivity index (χ3v) is 5.17. The molecule has 0 saturated carbocycles. The van der Waals surface area contributed by atoms with Gasteiger partial charge in [-0.15, -0.1) is 0 Å². The summed E-state index contributed by atoms with van der Waals surface area (Å²) in [5.41, 5.74) is 3.54. The monoisotopic (exact) mass is 417 g/mol. The van der Waals surface area contributed by atoms with Crippen molar-refractivity contribution < 1.29 is 9.59 Å². The number of nitrogens with one attached hydrogen (secondary N) is 2. The SMILES string of the molecule is O=C(Nc1ccccc1C(=O)NCc1ccc(Cn2cncn2)cc1)c1ccsc1. The minimum absolute atomic E-state index is 0.237. The topological polar surface area (TPSA) is 88.9 Å². The van der Waals surface area contributed by atoms with Crippen molar-refractivity contribution in [2.45, 2.75) is 13.1 Å². The molecule has 2 aromatic heterocycles. The first-order chi connectivity index (χ1) is 14.7. The molecule has 0 aliphatic carbocycles. The smallest absolute Gasteiger partial charge is 0.256 e. The maximum Gasteiger partial charge on any atom is 0.256 e. The van der Waals surface area contributed by atoms with Crippen molar-refractivity contribution >= 4 is 28.8 Å². The molecule has 0 saturated heterocycles. The van der Waals surface area contributed by atoms with Gasteiger partial charge in [-0.05, 0) is 34.7 Å². The Bertz CT molecular complexity index is 1120. The van der Waals surface area contributed by atoms with Crippen LogP contribution in [0.25, 0.3) is 0 Å². The summed E-state index contributed by atoms with van der Waals surface area (Å²) < 4.78 is 1.75.